The molecule has 2 aromatic carbocycles. The second-order valence-corrected chi connectivity index (χ2v) is 6.47. The van der Waals surface area contributed by atoms with Crippen LogP contribution in [0.2, 0.25) is 10.0 Å². The van der Waals surface area contributed by atoms with E-state index >= 15 is 0 Å². The lowest BCUT2D eigenvalue weighted by atomic mass is 10.0. The predicted octanol–water partition coefficient (Wildman–Crippen LogP) is 5.04. The number of carbonyl (C=O) groups is 1. The third-order valence-electron chi connectivity index (χ3n) is 3.71. The van der Waals surface area contributed by atoms with Crippen molar-refractivity contribution >= 4 is 34.9 Å². The van der Waals surface area contributed by atoms with Crippen LogP contribution >= 0.6 is 23.2 Å². The van der Waals surface area contributed by atoms with Gasteiger partial charge in [0.15, 0.2) is 5.82 Å². The lowest BCUT2D eigenvalue weighted by Gasteiger charge is -2.19. The summed E-state index contributed by atoms with van der Waals surface area (Å²) in [5.41, 5.74) is -0.315. The highest BCUT2D eigenvalue weighted by molar-refractivity contribution is 6.42. The van der Waals surface area contributed by atoms with Crippen LogP contribution in [0.1, 0.15) is 23.0 Å². The van der Waals surface area contributed by atoms with Gasteiger partial charge in [-0.15, -0.1) is 0 Å². The molecule has 3 rings (SSSR count). The first-order valence-electron chi connectivity index (χ1n) is 7.79. The van der Waals surface area contributed by atoms with E-state index in [1.807, 2.05) is 0 Å². The summed E-state index contributed by atoms with van der Waals surface area (Å²) in [4.78, 5) is 16.3. The van der Waals surface area contributed by atoms with E-state index in [4.69, 9.17) is 23.2 Å². The molecule has 0 saturated carbocycles. The van der Waals surface area contributed by atoms with Crippen molar-refractivity contribution in [3.63, 3.8) is 0 Å². The summed E-state index contributed by atoms with van der Waals surface area (Å²) in [7, 11) is 0. The molecule has 6 nitrogen and oxygen atoms in total. The minimum atomic E-state index is -4.52. The lowest BCUT2D eigenvalue weighted by molar-refractivity contribution is -0.137. The molecule has 3 aromatic rings. The lowest BCUT2D eigenvalue weighted by Crippen LogP contribution is -2.34. The standard InChI is InChI=1S/C17H12Cl2F3N5O/c18-12-5-4-11(7-13(12)19)25-16(28)26-14(15-23-8-24-27-15)9-2-1-3-10(6-9)17(20,21)22/h1-8,14H,(H,23,24,27)(H2,25,26,28). The van der Waals surface area contributed by atoms with E-state index in [9.17, 15) is 18.0 Å². The van der Waals surface area contributed by atoms with Crippen molar-refractivity contribution in [2.75, 3.05) is 5.32 Å². The van der Waals surface area contributed by atoms with Crippen LogP contribution < -0.4 is 10.6 Å². The number of anilines is 1. The predicted molar refractivity (Wildman–Crippen MR) is 98.3 cm³/mol. The fourth-order valence-electron chi connectivity index (χ4n) is 2.43. The van der Waals surface area contributed by atoms with Gasteiger partial charge < -0.3 is 10.6 Å². The van der Waals surface area contributed by atoms with Crippen molar-refractivity contribution in [1.29, 1.82) is 0 Å². The summed E-state index contributed by atoms with van der Waals surface area (Å²) >= 11 is 11.7. The van der Waals surface area contributed by atoms with Gasteiger partial charge in [0.05, 0.1) is 15.6 Å². The number of amides is 2. The molecular weight excluding hydrogens is 418 g/mol. The van der Waals surface area contributed by atoms with Gasteiger partial charge in [-0.25, -0.2) is 9.78 Å². The first-order valence-corrected chi connectivity index (χ1v) is 8.54. The van der Waals surface area contributed by atoms with Gasteiger partial charge in [0.25, 0.3) is 0 Å². The molecule has 146 valence electrons. The maximum absolute atomic E-state index is 13.0. The number of aromatic amines is 1. The minimum Gasteiger partial charge on any atom is -0.324 e. The Labute approximate surface area is 167 Å². The molecule has 0 saturated heterocycles. The molecule has 11 heteroatoms. The van der Waals surface area contributed by atoms with Gasteiger partial charge >= 0.3 is 12.2 Å². The van der Waals surface area contributed by atoms with Crippen LogP contribution in [-0.4, -0.2) is 21.2 Å². The van der Waals surface area contributed by atoms with Crippen LogP contribution in [-0.2, 0) is 6.18 Å². The smallest absolute Gasteiger partial charge is 0.324 e. The van der Waals surface area contributed by atoms with E-state index in [1.54, 1.807) is 0 Å². The number of alkyl halides is 3. The zero-order chi connectivity index (χ0) is 20.3. The number of halogens is 5. The number of carbonyl (C=O) groups excluding carboxylic acids is 1. The van der Waals surface area contributed by atoms with Gasteiger partial charge in [0, 0.05) is 5.69 Å². The van der Waals surface area contributed by atoms with E-state index in [2.05, 4.69) is 25.8 Å². The summed E-state index contributed by atoms with van der Waals surface area (Å²) < 4.78 is 39.1. The Balaban J connectivity index is 1.85. The molecule has 1 aromatic heterocycles. The van der Waals surface area contributed by atoms with Crippen molar-refractivity contribution in [2.24, 2.45) is 0 Å². The minimum absolute atomic E-state index is 0.170. The third-order valence-corrected chi connectivity index (χ3v) is 4.45. The van der Waals surface area contributed by atoms with Crippen LogP contribution in [0.5, 0.6) is 0 Å². The Morgan fingerprint density at radius 2 is 1.89 bits per heavy atom. The van der Waals surface area contributed by atoms with Crippen LogP contribution in [0.3, 0.4) is 0 Å². The highest BCUT2D eigenvalue weighted by atomic mass is 35.5. The fraction of sp³-hybridized carbons (Fsp3) is 0.118. The van der Waals surface area contributed by atoms with Crippen molar-refractivity contribution in [3.05, 3.63) is 75.8 Å². The van der Waals surface area contributed by atoms with E-state index < -0.39 is 23.8 Å². The largest absolute Gasteiger partial charge is 0.416 e. The van der Waals surface area contributed by atoms with Crippen molar-refractivity contribution in [1.82, 2.24) is 20.5 Å². The number of benzene rings is 2. The van der Waals surface area contributed by atoms with Crippen LogP contribution in [0.4, 0.5) is 23.7 Å². The third kappa shape index (κ3) is 4.73. The van der Waals surface area contributed by atoms with Crippen LogP contribution in [0.25, 0.3) is 0 Å². The Hall–Kier alpha value is -2.78. The molecule has 1 atom stereocenters. The fourth-order valence-corrected chi connectivity index (χ4v) is 2.73. The molecule has 1 unspecified atom stereocenters. The Bertz CT molecular complexity index is 979. The Morgan fingerprint density at radius 3 is 2.54 bits per heavy atom. The van der Waals surface area contributed by atoms with Crippen LogP contribution in [0, 0.1) is 0 Å². The second kappa shape index (κ2) is 8.07. The highest BCUT2D eigenvalue weighted by Gasteiger charge is 2.31. The van der Waals surface area contributed by atoms with Gasteiger partial charge in [-0.2, -0.15) is 18.3 Å². The summed E-state index contributed by atoms with van der Waals surface area (Å²) in [6, 6.07) is 7.37. The first-order chi connectivity index (χ1) is 13.2. The van der Waals surface area contributed by atoms with Crippen LogP contribution in [0.15, 0.2) is 48.8 Å². The molecule has 3 N–H and O–H groups in total. The van der Waals surface area contributed by atoms with Crippen molar-refractivity contribution in [3.8, 4) is 0 Å². The molecule has 0 aliphatic heterocycles. The highest BCUT2D eigenvalue weighted by Crippen LogP contribution is 2.31. The number of hydrogen-bond acceptors (Lipinski definition) is 3. The molecule has 0 spiro atoms. The molecule has 0 bridgehead atoms. The summed E-state index contributed by atoms with van der Waals surface area (Å²) in [6.45, 7) is 0. The number of aromatic nitrogens is 3. The zero-order valence-corrected chi connectivity index (χ0v) is 15.4. The normalized spacial score (nSPS) is 12.5. The zero-order valence-electron chi connectivity index (χ0n) is 13.9. The topological polar surface area (TPSA) is 82.7 Å². The summed E-state index contributed by atoms with van der Waals surface area (Å²) in [5.74, 6) is 0.170. The van der Waals surface area contributed by atoms with E-state index in [0.717, 1.165) is 12.1 Å². The van der Waals surface area contributed by atoms with E-state index in [1.165, 1.54) is 36.7 Å². The number of rotatable bonds is 4. The summed E-state index contributed by atoms with van der Waals surface area (Å²) in [6.07, 6.45) is -3.33. The van der Waals surface area contributed by atoms with E-state index in [0.29, 0.717) is 10.7 Å². The maximum atomic E-state index is 13.0. The molecule has 0 aliphatic carbocycles. The van der Waals surface area contributed by atoms with Gasteiger partial charge in [-0.1, -0.05) is 35.3 Å². The van der Waals surface area contributed by atoms with Gasteiger partial charge in [-0.05, 0) is 35.9 Å². The number of nitrogens with one attached hydrogen (secondary N) is 3. The molecule has 2 amide bonds. The molecule has 0 aliphatic rings. The molecule has 1 heterocycles. The first kappa shape index (κ1) is 20.0. The quantitative estimate of drug-likeness (QED) is 0.543. The monoisotopic (exact) mass is 429 g/mol. The number of H-pyrrole nitrogens is 1. The molecule has 0 fully saturated rings. The van der Waals surface area contributed by atoms with Crippen molar-refractivity contribution in [2.45, 2.75) is 12.2 Å². The van der Waals surface area contributed by atoms with Gasteiger partial charge in [-0.3, -0.25) is 5.10 Å². The number of hydrogen-bond donors (Lipinski definition) is 3. The van der Waals surface area contributed by atoms with Gasteiger partial charge in [0.2, 0.25) is 0 Å². The maximum Gasteiger partial charge on any atom is 0.416 e. The Kier molecular flexibility index (Phi) is 5.76. The number of urea groups is 1. The molecule has 0 radical (unpaired) electrons. The molecular formula is C17H12Cl2F3N5O. The number of nitrogens with zero attached hydrogens (tertiary/aromatic N) is 2. The SMILES string of the molecule is O=C(Nc1ccc(Cl)c(Cl)c1)NC(c1cccc(C(F)(F)F)c1)c1ncn[nH]1. The molecule has 28 heavy (non-hydrogen) atoms. The van der Waals surface area contributed by atoms with Crippen molar-refractivity contribution < 1.29 is 18.0 Å². The average molecular weight is 430 g/mol. The van der Waals surface area contributed by atoms with E-state index in [-0.39, 0.29) is 16.4 Å². The second-order valence-electron chi connectivity index (χ2n) is 5.65. The average Bonchev–Trinajstić information content (AvgIpc) is 3.16. The van der Waals surface area contributed by atoms with Gasteiger partial charge in [0.1, 0.15) is 12.4 Å². The summed E-state index contributed by atoms with van der Waals surface area (Å²) in [5, 5.41) is 11.9. The Morgan fingerprint density at radius 1 is 1.11 bits per heavy atom.